The summed E-state index contributed by atoms with van der Waals surface area (Å²) in [6, 6.07) is 9.86. The van der Waals surface area contributed by atoms with Crippen LogP contribution in [-0.4, -0.2) is 12.1 Å². The zero-order valence-electron chi connectivity index (χ0n) is 13.9. The lowest BCUT2D eigenvalue weighted by atomic mass is 9.84. The Morgan fingerprint density at radius 2 is 2.04 bits per heavy atom. The Labute approximate surface area is 138 Å². The SMILES string of the molecule is CC1CCCC2=C(CCC(CC(=O)OCc3ccccc3)C2)O1. The number of allylic oxidation sites excluding steroid dienone is 2. The molecule has 0 radical (unpaired) electrons. The zero-order valence-corrected chi connectivity index (χ0v) is 13.9. The highest BCUT2D eigenvalue weighted by Gasteiger charge is 2.27. The van der Waals surface area contributed by atoms with Gasteiger partial charge in [0.1, 0.15) is 6.61 Å². The molecule has 0 fully saturated rings. The highest BCUT2D eigenvalue weighted by molar-refractivity contribution is 5.69. The van der Waals surface area contributed by atoms with Gasteiger partial charge in [0.15, 0.2) is 0 Å². The topological polar surface area (TPSA) is 35.5 Å². The maximum Gasteiger partial charge on any atom is 0.306 e. The van der Waals surface area contributed by atoms with E-state index >= 15 is 0 Å². The molecular formula is C20H26O3. The largest absolute Gasteiger partial charge is 0.495 e. The lowest BCUT2D eigenvalue weighted by Gasteiger charge is -2.26. The number of esters is 1. The standard InChI is InChI=1S/C20H26O3/c1-15-6-5-9-18-12-17(10-11-19(18)23-15)13-20(21)22-14-16-7-3-2-4-8-16/h2-4,7-8,15,17H,5-6,9-14H2,1H3. The van der Waals surface area contributed by atoms with Gasteiger partial charge in [0.25, 0.3) is 0 Å². The molecule has 1 aliphatic carbocycles. The minimum absolute atomic E-state index is 0.0780. The normalized spacial score (nSPS) is 24.4. The molecule has 0 spiro atoms. The number of carbonyl (C=O) groups excluding carboxylic acids is 1. The van der Waals surface area contributed by atoms with Gasteiger partial charge >= 0.3 is 5.97 Å². The third-order valence-corrected chi connectivity index (χ3v) is 4.84. The molecule has 0 N–H and O–H groups in total. The molecule has 3 rings (SSSR count). The van der Waals surface area contributed by atoms with E-state index in [0.717, 1.165) is 37.7 Å². The van der Waals surface area contributed by atoms with Crippen molar-refractivity contribution < 1.29 is 14.3 Å². The fraction of sp³-hybridized carbons (Fsp3) is 0.550. The molecule has 3 heteroatoms. The van der Waals surface area contributed by atoms with Crippen LogP contribution < -0.4 is 0 Å². The minimum atomic E-state index is -0.0780. The highest BCUT2D eigenvalue weighted by atomic mass is 16.5. The van der Waals surface area contributed by atoms with Crippen LogP contribution in [0.1, 0.15) is 57.4 Å². The molecule has 2 aliphatic rings. The smallest absolute Gasteiger partial charge is 0.306 e. The number of hydrogen-bond acceptors (Lipinski definition) is 3. The van der Waals surface area contributed by atoms with Gasteiger partial charge in [0.05, 0.1) is 11.9 Å². The van der Waals surface area contributed by atoms with E-state index in [4.69, 9.17) is 9.47 Å². The van der Waals surface area contributed by atoms with Crippen molar-refractivity contribution in [1.29, 1.82) is 0 Å². The summed E-state index contributed by atoms with van der Waals surface area (Å²) in [4.78, 5) is 12.1. The van der Waals surface area contributed by atoms with E-state index in [-0.39, 0.29) is 5.97 Å². The van der Waals surface area contributed by atoms with E-state index in [1.54, 1.807) is 0 Å². The highest BCUT2D eigenvalue weighted by Crippen LogP contribution is 2.37. The summed E-state index contributed by atoms with van der Waals surface area (Å²) in [5.41, 5.74) is 2.49. The fourth-order valence-electron chi connectivity index (χ4n) is 3.57. The monoisotopic (exact) mass is 314 g/mol. The first-order valence-electron chi connectivity index (χ1n) is 8.78. The fourth-order valence-corrected chi connectivity index (χ4v) is 3.57. The van der Waals surface area contributed by atoms with Crippen LogP contribution >= 0.6 is 0 Å². The first-order valence-corrected chi connectivity index (χ1v) is 8.78. The molecule has 2 unspecified atom stereocenters. The maximum absolute atomic E-state index is 12.1. The van der Waals surface area contributed by atoms with Crippen LogP contribution in [0.2, 0.25) is 0 Å². The van der Waals surface area contributed by atoms with Crippen molar-refractivity contribution in [2.24, 2.45) is 5.92 Å². The van der Waals surface area contributed by atoms with Crippen LogP contribution in [0.5, 0.6) is 0 Å². The molecule has 1 aromatic rings. The molecule has 1 aliphatic heterocycles. The Morgan fingerprint density at radius 3 is 2.87 bits per heavy atom. The van der Waals surface area contributed by atoms with Crippen molar-refractivity contribution in [3.8, 4) is 0 Å². The van der Waals surface area contributed by atoms with Gasteiger partial charge < -0.3 is 9.47 Å². The quantitative estimate of drug-likeness (QED) is 0.751. The predicted octanol–water partition coefficient (Wildman–Crippen LogP) is 4.76. The molecular weight excluding hydrogens is 288 g/mol. The van der Waals surface area contributed by atoms with E-state index in [9.17, 15) is 4.79 Å². The van der Waals surface area contributed by atoms with Crippen LogP contribution in [0.3, 0.4) is 0 Å². The molecule has 0 bridgehead atoms. The van der Waals surface area contributed by atoms with Crippen molar-refractivity contribution in [1.82, 2.24) is 0 Å². The number of benzene rings is 1. The number of ether oxygens (including phenoxy) is 2. The van der Waals surface area contributed by atoms with Gasteiger partial charge in [-0.05, 0) is 56.1 Å². The molecule has 0 saturated heterocycles. The van der Waals surface area contributed by atoms with E-state index < -0.39 is 0 Å². The van der Waals surface area contributed by atoms with Gasteiger partial charge in [-0.15, -0.1) is 0 Å². The summed E-state index contributed by atoms with van der Waals surface area (Å²) in [5.74, 6) is 1.55. The second kappa shape index (κ2) is 7.67. The molecule has 1 heterocycles. The predicted molar refractivity (Wildman–Crippen MR) is 89.6 cm³/mol. The van der Waals surface area contributed by atoms with Crippen LogP contribution in [-0.2, 0) is 20.9 Å². The number of rotatable bonds is 4. The van der Waals surface area contributed by atoms with Crippen LogP contribution in [0, 0.1) is 5.92 Å². The van der Waals surface area contributed by atoms with Crippen molar-refractivity contribution in [3.05, 3.63) is 47.2 Å². The summed E-state index contributed by atoms with van der Waals surface area (Å²) in [5, 5.41) is 0. The van der Waals surface area contributed by atoms with Crippen molar-refractivity contribution in [2.45, 2.75) is 64.6 Å². The second-order valence-corrected chi connectivity index (χ2v) is 6.81. The Balaban J connectivity index is 1.48. The lowest BCUT2D eigenvalue weighted by Crippen LogP contribution is -2.17. The van der Waals surface area contributed by atoms with E-state index in [1.165, 1.54) is 17.8 Å². The van der Waals surface area contributed by atoms with Crippen molar-refractivity contribution in [3.63, 3.8) is 0 Å². The first-order chi connectivity index (χ1) is 11.2. The number of hydrogen-bond donors (Lipinski definition) is 0. The third-order valence-electron chi connectivity index (χ3n) is 4.84. The maximum atomic E-state index is 12.1. The zero-order chi connectivity index (χ0) is 16.1. The van der Waals surface area contributed by atoms with E-state index in [1.807, 2.05) is 30.3 Å². The van der Waals surface area contributed by atoms with Gasteiger partial charge in [-0.3, -0.25) is 4.79 Å². The Hall–Kier alpha value is -1.77. The van der Waals surface area contributed by atoms with Crippen LogP contribution in [0.25, 0.3) is 0 Å². The van der Waals surface area contributed by atoms with Gasteiger partial charge in [-0.2, -0.15) is 0 Å². The summed E-state index contributed by atoms with van der Waals surface area (Å²) in [6.45, 7) is 2.53. The third kappa shape index (κ3) is 4.60. The van der Waals surface area contributed by atoms with Gasteiger partial charge in [0.2, 0.25) is 0 Å². The van der Waals surface area contributed by atoms with Crippen LogP contribution in [0.4, 0.5) is 0 Å². The summed E-state index contributed by atoms with van der Waals surface area (Å²) in [6.07, 6.45) is 7.36. The first kappa shape index (κ1) is 16.1. The van der Waals surface area contributed by atoms with Gasteiger partial charge in [-0.1, -0.05) is 30.3 Å². The van der Waals surface area contributed by atoms with Crippen molar-refractivity contribution in [2.75, 3.05) is 0 Å². The molecule has 0 aromatic heterocycles. The molecule has 23 heavy (non-hydrogen) atoms. The Morgan fingerprint density at radius 1 is 1.22 bits per heavy atom. The molecule has 0 saturated carbocycles. The Kier molecular flexibility index (Phi) is 5.37. The summed E-state index contributed by atoms with van der Waals surface area (Å²) >= 11 is 0. The number of carbonyl (C=O) groups is 1. The molecule has 3 nitrogen and oxygen atoms in total. The van der Waals surface area contributed by atoms with Crippen LogP contribution in [0.15, 0.2) is 41.7 Å². The Bertz CT molecular complexity index is 562. The summed E-state index contributed by atoms with van der Waals surface area (Å²) in [7, 11) is 0. The average Bonchev–Trinajstić information content (AvgIpc) is 2.74. The lowest BCUT2D eigenvalue weighted by molar-refractivity contribution is -0.146. The second-order valence-electron chi connectivity index (χ2n) is 6.81. The summed E-state index contributed by atoms with van der Waals surface area (Å²) < 4.78 is 11.5. The van der Waals surface area contributed by atoms with Gasteiger partial charge in [-0.25, -0.2) is 0 Å². The molecule has 0 amide bonds. The van der Waals surface area contributed by atoms with E-state index in [2.05, 4.69) is 6.92 Å². The molecule has 1 aromatic carbocycles. The van der Waals surface area contributed by atoms with Gasteiger partial charge in [0, 0.05) is 12.8 Å². The van der Waals surface area contributed by atoms with Crippen molar-refractivity contribution >= 4 is 5.97 Å². The molecule has 2 atom stereocenters. The average molecular weight is 314 g/mol. The molecule has 124 valence electrons. The minimum Gasteiger partial charge on any atom is -0.495 e. The van der Waals surface area contributed by atoms with E-state index in [0.29, 0.717) is 25.0 Å².